The van der Waals surface area contributed by atoms with Crippen molar-refractivity contribution in [2.45, 2.75) is 6.54 Å². The van der Waals surface area contributed by atoms with Crippen molar-refractivity contribution in [2.75, 3.05) is 0 Å². The fourth-order valence-electron chi connectivity index (χ4n) is 1.91. The molecule has 6 heteroatoms. The van der Waals surface area contributed by atoms with E-state index in [0.717, 1.165) is 17.2 Å². The van der Waals surface area contributed by atoms with Crippen LogP contribution in [-0.2, 0) is 6.54 Å². The van der Waals surface area contributed by atoms with Crippen molar-refractivity contribution in [3.8, 4) is 0 Å². The maximum atomic E-state index is 13.4. The number of rotatable bonds is 3. The molecular weight excluding hydrogens is 259 g/mol. The number of nitrogens with one attached hydrogen (secondary N) is 2. The Hall–Kier alpha value is -2.76. The second-order valence-corrected chi connectivity index (χ2v) is 4.24. The lowest BCUT2D eigenvalue weighted by atomic mass is 10.2. The van der Waals surface area contributed by atoms with Crippen LogP contribution in [0.1, 0.15) is 16.2 Å². The molecule has 3 aromatic rings. The maximum absolute atomic E-state index is 13.4. The number of benzene rings is 1. The molecule has 2 N–H and O–H groups in total. The number of carbonyl (C=O) groups is 1. The monoisotopic (exact) mass is 270 g/mol. The Labute approximate surface area is 113 Å². The number of halogens is 1. The van der Waals surface area contributed by atoms with Gasteiger partial charge in [0.2, 0.25) is 0 Å². The summed E-state index contributed by atoms with van der Waals surface area (Å²) in [6.07, 6.45) is 2.38. The van der Waals surface area contributed by atoms with E-state index in [4.69, 9.17) is 0 Å². The molecular formula is C14H11FN4O. The van der Waals surface area contributed by atoms with Crippen LogP contribution in [0.2, 0.25) is 0 Å². The summed E-state index contributed by atoms with van der Waals surface area (Å²) in [7, 11) is 0. The van der Waals surface area contributed by atoms with Crippen LogP contribution < -0.4 is 5.32 Å². The van der Waals surface area contributed by atoms with Crippen LogP contribution in [-0.4, -0.2) is 20.9 Å². The van der Waals surface area contributed by atoms with Crippen LogP contribution in [0.3, 0.4) is 0 Å². The minimum Gasteiger partial charge on any atom is -0.345 e. The van der Waals surface area contributed by atoms with Crippen molar-refractivity contribution >= 4 is 16.9 Å². The molecule has 0 saturated carbocycles. The SMILES string of the molecule is O=C(NCc1nc2ccccc2[nH]1)c1ccncc1F. The van der Waals surface area contributed by atoms with Crippen LogP contribution in [0, 0.1) is 5.82 Å². The smallest absolute Gasteiger partial charge is 0.254 e. The van der Waals surface area contributed by atoms with Crippen LogP contribution in [0.5, 0.6) is 0 Å². The second kappa shape index (κ2) is 5.08. The fraction of sp³-hybridized carbons (Fsp3) is 0.0714. The molecule has 0 aliphatic rings. The number of aromatic nitrogens is 3. The zero-order valence-electron chi connectivity index (χ0n) is 10.4. The molecule has 20 heavy (non-hydrogen) atoms. The van der Waals surface area contributed by atoms with Gasteiger partial charge in [0.25, 0.3) is 5.91 Å². The molecule has 2 heterocycles. The molecule has 3 rings (SSSR count). The van der Waals surface area contributed by atoms with Gasteiger partial charge in [0.1, 0.15) is 5.82 Å². The molecule has 0 atom stereocenters. The summed E-state index contributed by atoms with van der Waals surface area (Å²) in [4.78, 5) is 22.8. The summed E-state index contributed by atoms with van der Waals surface area (Å²) in [6.45, 7) is 0.204. The molecule has 0 bridgehead atoms. The van der Waals surface area contributed by atoms with Crippen LogP contribution in [0.4, 0.5) is 4.39 Å². The highest BCUT2D eigenvalue weighted by Gasteiger charge is 2.11. The number of hydrogen-bond donors (Lipinski definition) is 2. The molecule has 5 nitrogen and oxygen atoms in total. The highest BCUT2D eigenvalue weighted by atomic mass is 19.1. The van der Waals surface area contributed by atoms with E-state index in [1.54, 1.807) is 0 Å². The minimum atomic E-state index is -0.644. The van der Waals surface area contributed by atoms with Crippen LogP contribution in [0.15, 0.2) is 42.7 Å². The van der Waals surface area contributed by atoms with E-state index in [2.05, 4.69) is 20.3 Å². The molecule has 1 amide bonds. The molecule has 0 saturated heterocycles. The predicted molar refractivity (Wildman–Crippen MR) is 71.5 cm³/mol. The minimum absolute atomic E-state index is 0.0314. The van der Waals surface area contributed by atoms with Crippen molar-refractivity contribution in [3.05, 3.63) is 59.9 Å². The van der Waals surface area contributed by atoms with E-state index in [9.17, 15) is 9.18 Å². The van der Waals surface area contributed by atoms with Gasteiger partial charge < -0.3 is 10.3 Å². The Morgan fingerprint density at radius 3 is 2.95 bits per heavy atom. The van der Waals surface area contributed by atoms with E-state index < -0.39 is 11.7 Å². The number of pyridine rings is 1. The van der Waals surface area contributed by atoms with Crippen molar-refractivity contribution in [1.82, 2.24) is 20.3 Å². The zero-order valence-corrected chi connectivity index (χ0v) is 10.4. The molecule has 0 spiro atoms. The fourth-order valence-corrected chi connectivity index (χ4v) is 1.91. The summed E-state index contributed by atoms with van der Waals surface area (Å²) < 4.78 is 13.4. The third-order valence-electron chi connectivity index (χ3n) is 2.87. The normalized spacial score (nSPS) is 10.7. The number of nitrogens with zero attached hydrogens (tertiary/aromatic N) is 2. The first-order valence-electron chi connectivity index (χ1n) is 6.05. The number of hydrogen-bond acceptors (Lipinski definition) is 3. The Kier molecular flexibility index (Phi) is 3.12. The Morgan fingerprint density at radius 2 is 2.15 bits per heavy atom. The lowest BCUT2D eigenvalue weighted by Gasteiger charge is -2.03. The van der Waals surface area contributed by atoms with E-state index >= 15 is 0 Å². The van der Waals surface area contributed by atoms with Gasteiger partial charge in [0.15, 0.2) is 5.82 Å². The number of aromatic amines is 1. The topological polar surface area (TPSA) is 70.7 Å². The van der Waals surface area contributed by atoms with Crippen molar-refractivity contribution in [1.29, 1.82) is 0 Å². The first-order valence-corrected chi connectivity index (χ1v) is 6.05. The third kappa shape index (κ3) is 2.35. The summed E-state index contributed by atoms with van der Waals surface area (Å²) >= 11 is 0. The molecule has 0 unspecified atom stereocenters. The summed E-state index contributed by atoms with van der Waals surface area (Å²) in [5.74, 6) is -0.519. The predicted octanol–water partition coefficient (Wildman–Crippen LogP) is 2.03. The van der Waals surface area contributed by atoms with E-state index in [0.29, 0.717) is 5.82 Å². The molecule has 100 valence electrons. The van der Waals surface area contributed by atoms with Gasteiger partial charge >= 0.3 is 0 Å². The number of H-pyrrole nitrogens is 1. The molecule has 0 fully saturated rings. The number of carbonyl (C=O) groups excluding carboxylic acids is 1. The summed E-state index contributed by atoms with van der Waals surface area (Å²) in [5, 5.41) is 2.62. The van der Waals surface area contributed by atoms with Crippen LogP contribution in [0.25, 0.3) is 11.0 Å². The highest BCUT2D eigenvalue weighted by molar-refractivity contribution is 5.94. The number of fused-ring (bicyclic) bond motifs is 1. The van der Waals surface area contributed by atoms with Gasteiger partial charge in [0, 0.05) is 6.20 Å². The number of imidazole rings is 1. The Balaban J connectivity index is 1.73. The van der Waals surface area contributed by atoms with Gasteiger partial charge in [-0.25, -0.2) is 9.37 Å². The van der Waals surface area contributed by atoms with Crippen LogP contribution >= 0.6 is 0 Å². The Bertz CT molecular complexity index is 735. The first-order chi connectivity index (χ1) is 9.74. The van der Waals surface area contributed by atoms with E-state index in [1.807, 2.05) is 24.3 Å². The molecule has 0 aliphatic carbocycles. The van der Waals surface area contributed by atoms with Crippen molar-refractivity contribution in [3.63, 3.8) is 0 Å². The van der Waals surface area contributed by atoms with Gasteiger partial charge in [-0.3, -0.25) is 9.78 Å². The highest BCUT2D eigenvalue weighted by Crippen LogP contribution is 2.10. The quantitative estimate of drug-likeness (QED) is 0.765. The van der Waals surface area contributed by atoms with Gasteiger partial charge in [0.05, 0.1) is 29.3 Å². The lowest BCUT2D eigenvalue weighted by Crippen LogP contribution is -2.24. The molecule has 0 radical (unpaired) electrons. The average molecular weight is 270 g/mol. The van der Waals surface area contributed by atoms with Gasteiger partial charge in [-0.15, -0.1) is 0 Å². The van der Waals surface area contributed by atoms with Gasteiger partial charge in [-0.05, 0) is 18.2 Å². The van der Waals surface area contributed by atoms with E-state index in [-0.39, 0.29) is 12.1 Å². The summed E-state index contributed by atoms with van der Waals surface area (Å²) in [6, 6.07) is 8.90. The lowest BCUT2D eigenvalue weighted by molar-refractivity contribution is 0.0945. The van der Waals surface area contributed by atoms with E-state index in [1.165, 1.54) is 12.3 Å². The molecule has 1 aromatic carbocycles. The van der Waals surface area contributed by atoms with Gasteiger partial charge in [-0.2, -0.15) is 0 Å². The van der Waals surface area contributed by atoms with Crippen molar-refractivity contribution in [2.24, 2.45) is 0 Å². The average Bonchev–Trinajstić information content (AvgIpc) is 2.88. The standard InChI is InChI=1S/C14H11FN4O/c15-10-7-16-6-5-9(10)14(20)17-8-13-18-11-3-1-2-4-12(11)19-13/h1-7H,8H2,(H,17,20)(H,18,19). The maximum Gasteiger partial charge on any atom is 0.254 e. The summed E-state index contributed by atoms with van der Waals surface area (Å²) in [5.41, 5.74) is 1.69. The third-order valence-corrected chi connectivity index (χ3v) is 2.87. The Morgan fingerprint density at radius 1 is 1.30 bits per heavy atom. The largest absolute Gasteiger partial charge is 0.345 e. The number of para-hydroxylation sites is 2. The zero-order chi connectivity index (χ0) is 13.9. The van der Waals surface area contributed by atoms with Crippen molar-refractivity contribution < 1.29 is 9.18 Å². The molecule has 2 aromatic heterocycles. The number of amides is 1. The van der Waals surface area contributed by atoms with Gasteiger partial charge in [-0.1, -0.05) is 12.1 Å². The second-order valence-electron chi connectivity index (χ2n) is 4.24. The molecule has 0 aliphatic heterocycles. The first kappa shape index (κ1) is 12.3.